The van der Waals surface area contributed by atoms with Crippen molar-refractivity contribution in [2.45, 2.75) is 159 Å². The molecule has 2 nitrogen and oxygen atoms in total. The first-order valence-electron chi connectivity index (χ1n) is 14.3. The molecule has 0 aliphatic heterocycles. The van der Waals surface area contributed by atoms with Crippen molar-refractivity contribution < 1.29 is 7.87 Å². The van der Waals surface area contributed by atoms with Crippen LogP contribution in [0.5, 0.6) is 0 Å². The van der Waals surface area contributed by atoms with Gasteiger partial charge in [-0.05, 0) is 0 Å². The molecule has 0 spiro atoms. The zero-order chi connectivity index (χ0) is 23.2. The van der Waals surface area contributed by atoms with Gasteiger partial charge in [-0.2, -0.15) is 0 Å². The Hall–Kier alpha value is 0.269. The fraction of sp³-hybridized carbons (Fsp3) is 0.964. The molecule has 0 aromatic rings. The van der Waals surface area contributed by atoms with Gasteiger partial charge in [0.25, 0.3) is 0 Å². The van der Waals surface area contributed by atoms with E-state index in [4.69, 9.17) is 3.07 Å². The zero-order valence-electron chi connectivity index (χ0n) is 22.2. The van der Waals surface area contributed by atoms with Crippen LogP contribution in [0.1, 0.15) is 150 Å². The number of hydrogen-bond acceptors (Lipinski definition) is 2. The molecule has 186 valence electrons. The van der Waals surface area contributed by atoms with Crippen LogP contribution >= 0.6 is 0 Å². The van der Waals surface area contributed by atoms with Gasteiger partial charge in [-0.3, -0.25) is 0 Å². The van der Waals surface area contributed by atoms with Crippen LogP contribution in [0.15, 0.2) is 0 Å². The van der Waals surface area contributed by atoms with E-state index >= 15 is 0 Å². The van der Waals surface area contributed by atoms with E-state index in [9.17, 15) is 4.79 Å². The summed E-state index contributed by atoms with van der Waals surface area (Å²) < 4.78 is 8.88. The summed E-state index contributed by atoms with van der Waals surface area (Å²) in [6.45, 7) is 11.5. The summed E-state index contributed by atoms with van der Waals surface area (Å²) in [4.78, 5) is 12.7. The molecule has 31 heavy (non-hydrogen) atoms. The monoisotopic (exact) mass is 546 g/mol. The quantitative estimate of drug-likeness (QED) is 0.0944. The van der Waals surface area contributed by atoms with Gasteiger partial charge in [0.1, 0.15) is 0 Å². The van der Waals surface area contributed by atoms with E-state index < -0.39 is 20.2 Å². The molecule has 0 amide bonds. The first kappa shape index (κ1) is 31.3. The van der Waals surface area contributed by atoms with Crippen molar-refractivity contribution in [3.05, 3.63) is 0 Å². The fourth-order valence-electron chi connectivity index (χ4n) is 4.72. The average Bonchev–Trinajstić information content (AvgIpc) is 2.77. The maximum absolute atomic E-state index is 12.7. The standard InChI is InChI=1S/C12H24O2.2C8H17.Sn.H/c1-2-3-4-5-6-7-8-9-10-11-12(13)14;2*1-4-6-7-8(3)5-2;;/h2-11H2,1H3,(H,13,14);2*8H,3-7H2,1-2H3;;/q;;;+1;/p-1. The van der Waals surface area contributed by atoms with Gasteiger partial charge in [-0.25, -0.2) is 0 Å². The number of unbranched alkanes of at least 4 members (excludes halogenated alkanes) is 10. The van der Waals surface area contributed by atoms with Gasteiger partial charge in [0.2, 0.25) is 0 Å². The van der Waals surface area contributed by atoms with Crippen molar-refractivity contribution in [2.75, 3.05) is 0 Å². The van der Waals surface area contributed by atoms with E-state index in [0.29, 0.717) is 6.42 Å². The second-order valence-electron chi connectivity index (χ2n) is 9.99. The van der Waals surface area contributed by atoms with Gasteiger partial charge in [-0.15, -0.1) is 0 Å². The molecule has 0 aliphatic carbocycles. The molecule has 0 saturated carbocycles. The second-order valence-corrected chi connectivity index (χ2v) is 16.9. The molecule has 0 aromatic carbocycles. The molecular formula is C28H58O2Sn. The molecule has 0 saturated heterocycles. The van der Waals surface area contributed by atoms with Crippen LogP contribution in [0, 0.1) is 11.8 Å². The molecule has 0 fully saturated rings. The Bertz CT molecular complexity index is 367. The summed E-state index contributed by atoms with van der Waals surface area (Å²) in [6.07, 6.45) is 22.8. The minimum atomic E-state index is -2.27. The van der Waals surface area contributed by atoms with Crippen molar-refractivity contribution >= 4 is 26.1 Å². The van der Waals surface area contributed by atoms with Crippen LogP contribution in [0.25, 0.3) is 0 Å². The van der Waals surface area contributed by atoms with Crippen molar-refractivity contribution in [1.29, 1.82) is 0 Å². The van der Waals surface area contributed by atoms with Crippen LogP contribution in [-0.2, 0) is 7.87 Å². The summed E-state index contributed by atoms with van der Waals surface area (Å²) in [5.74, 6) is 1.74. The van der Waals surface area contributed by atoms with E-state index in [1.807, 2.05) is 0 Å². The number of rotatable bonds is 23. The van der Waals surface area contributed by atoms with E-state index in [1.165, 1.54) is 112 Å². The Morgan fingerprint density at radius 3 is 1.45 bits per heavy atom. The van der Waals surface area contributed by atoms with Crippen LogP contribution < -0.4 is 0 Å². The Morgan fingerprint density at radius 1 is 0.613 bits per heavy atom. The van der Waals surface area contributed by atoms with E-state index in [0.717, 1.165) is 18.3 Å². The number of hydrogen-bond donors (Lipinski definition) is 0. The van der Waals surface area contributed by atoms with Crippen LogP contribution in [0.3, 0.4) is 0 Å². The molecule has 0 radical (unpaired) electrons. The van der Waals surface area contributed by atoms with Gasteiger partial charge in [0.05, 0.1) is 0 Å². The Kier molecular flexibility index (Phi) is 23.6. The van der Waals surface area contributed by atoms with Crippen molar-refractivity contribution in [3.63, 3.8) is 0 Å². The topological polar surface area (TPSA) is 26.3 Å². The van der Waals surface area contributed by atoms with Gasteiger partial charge < -0.3 is 0 Å². The third-order valence-corrected chi connectivity index (χ3v) is 15.6. The Labute approximate surface area is 204 Å². The molecule has 2 atom stereocenters. The number of carbonyl (C=O) groups is 1. The van der Waals surface area contributed by atoms with E-state index in [-0.39, 0.29) is 5.97 Å². The van der Waals surface area contributed by atoms with Crippen molar-refractivity contribution in [2.24, 2.45) is 11.8 Å². The van der Waals surface area contributed by atoms with Gasteiger partial charge in [0.15, 0.2) is 0 Å². The second kappa shape index (κ2) is 23.4. The third-order valence-electron chi connectivity index (χ3n) is 7.06. The molecule has 3 heteroatoms. The predicted molar refractivity (Wildman–Crippen MR) is 141 cm³/mol. The number of carbonyl (C=O) groups excluding carboxylic acids is 1. The fourth-order valence-corrected chi connectivity index (χ4v) is 14.7. The summed E-state index contributed by atoms with van der Waals surface area (Å²) >= 11 is -2.27. The first-order valence-corrected chi connectivity index (χ1v) is 20.3. The van der Waals surface area contributed by atoms with Gasteiger partial charge >= 0.3 is 198 Å². The Morgan fingerprint density at radius 2 is 1.03 bits per heavy atom. The van der Waals surface area contributed by atoms with Crippen LogP contribution in [-0.4, -0.2) is 26.1 Å². The molecule has 0 N–H and O–H groups in total. The van der Waals surface area contributed by atoms with Crippen LogP contribution in [0.2, 0.25) is 8.87 Å². The third kappa shape index (κ3) is 19.4. The molecule has 0 aliphatic rings. The maximum atomic E-state index is 12.7. The molecule has 2 unspecified atom stereocenters. The summed E-state index contributed by atoms with van der Waals surface area (Å²) in [7, 11) is 0. The summed E-state index contributed by atoms with van der Waals surface area (Å²) in [6, 6.07) is 0. The first-order chi connectivity index (χ1) is 15.1. The molecule has 0 bridgehead atoms. The summed E-state index contributed by atoms with van der Waals surface area (Å²) in [5.41, 5.74) is 0. The predicted octanol–water partition coefficient (Wildman–Crippen LogP) is 9.61. The van der Waals surface area contributed by atoms with Crippen molar-refractivity contribution in [1.82, 2.24) is 0 Å². The van der Waals surface area contributed by atoms with Crippen LogP contribution in [0.4, 0.5) is 0 Å². The van der Waals surface area contributed by atoms with Gasteiger partial charge in [-0.1, -0.05) is 6.92 Å². The Balaban J connectivity index is 4.39. The SMILES string of the molecule is CCCCCCCCCCCC(=O)[O][SnH]([CH2]C(CC)CCCC)[CH2]C(CC)CCCC. The normalized spacial score (nSPS) is 14.4. The molecule has 0 heterocycles. The van der Waals surface area contributed by atoms with Gasteiger partial charge in [0, 0.05) is 0 Å². The summed E-state index contributed by atoms with van der Waals surface area (Å²) in [5, 5.41) is 0. The minimum absolute atomic E-state index is 0.152. The van der Waals surface area contributed by atoms with E-state index in [2.05, 4.69) is 34.6 Å². The molecule has 0 aromatic heterocycles. The van der Waals surface area contributed by atoms with Crippen molar-refractivity contribution in [3.8, 4) is 0 Å². The van der Waals surface area contributed by atoms with E-state index in [1.54, 1.807) is 0 Å². The molecule has 0 rings (SSSR count). The average molecular weight is 545 g/mol. The molecular weight excluding hydrogens is 487 g/mol. The zero-order valence-corrected chi connectivity index (χ0v) is 25.5.